The van der Waals surface area contributed by atoms with Gasteiger partial charge in [-0.05, 0) is 25.0 Å². The summed E-state index contributed by atoms with van der Waals surface area (Å²) in [5.41, 5.74) is 0.131. The molecule has 0 atom stereocenters. The maximum Gasteiger partial charge on any atom is 0.339 e. The first-order valence-electron chi connectivity index (χ1n) is 8.15. The van der Waals surface area contributed by atoms with Crippen molar-refractivity contribution in [3.8, 4) is 5.75 Å². The van der Waals surface area contributed by atoms with Crippen LogP contribution in [0.2, 0.25) is 0 Å². The fourth-order valence-electron chi connectivity index (χ4n) is 2.35. The molecule has 0 unspecified atom stereocenters. The van der Waals surface area contributed by atoms with Crippen LogP contribution >= 0.6 is 0 Å². The first kappa shape index (κ1) is 17.8. The van der Waals surface area contributed by atoms with Crippen LogP contribution in [0.5, 0.6) is 5.75 Å². The summed E-state index contributed by atoms with van der Waals surface area (Å²) in [4.78, 5) is 22.4. The zero-order valence-corrected chi connectivity index (χ0v) is 13.7. The Hall–Kier alpha value is -2.56. The number of carbonyl (C=O) groups is 1. The van der Waals surface area contributed by atoms with Crippen molar-refractivity contribution < 1.29 is 18.7 Å². The zero-order valence-electron chi connectivity index (χ0n) is 13.7. The van der Waals surface area contributed by atoms with Crippen LogP contribution in [0.3, 0.4) is 0 Å². The topological polar surface area (TPSA) is 65.7 Å². The SMILES string of the molecule is C=CC(=O)OCCCCCCCOc1cc(=O)oc2ccccc12. The van der Waals surface area contributed by atoms with Gasteiger partial charge < -0.3 is 13.9 Å². The number of ether oxygens (including phenoxy) is 2. The summed E-state index contributed by atoms with van der Waals surface area (Å²) >= 11 is 0. The van der Waals surface area contributed by atoms with Crippen molar-refractivity contribution >= 4 is 16.9 Å². The lowest BCUT2D eigenvalue weighted by Gasteiger charge is -2.08. The molecule has 1 heterocycles. The van der Waals surface area contributed by atoms with Crippen LogP contribution in [0, 0.1) is 0 Å². The van der Waals surface area contributed by atoms with E-state index in [9.17, 15) is 9.59 Å². The minimum atomic E-state index is -0.405. The maximum atomic E-state index is 11.5. The average Bonchev–Trinajstić information content (AvgIpc) is 2.59. The highest BCUT2D eigenvalue weighted by Gasteiger charge is 2.05. The summed E-state index contributed by atoms with van der Waals surface area (Å²) < 4.78 is 15.8. The van der Waals surface area contributed by atoms with Crippen molar-refractivity contribution in [2.45, 2.75) is 32.1 Å². The Morgan fingerprint density at radius 3 is 2.58 bits per heavy atom. The van der Waals surface area contributed by atoms with Crippen molar-refractivity contribution in [3.05, 3.63) is 53.4 Å². The minimum Gasteiger partial charge on any atom is -0.493 e. The van der Waals surface area contributed by atoms with Crippen molar-refractivity contribution in [2.75, 3.05) is 13.2 Å². The third kappa shape index (κ3) is 5.57. The van der Waals surface area contributed by atoms with E-state index in [1.54, 1.807) is 6.07 Å². The highest BCUT2D eigenvalue weighted by Crippen LogP contribution is 2.23. The van der Waals surface area contributed by atoms with Gasteiger partial charge in [0, 0.05) is 6.08 Å². The summed E-state index contributed by atoms with van der Waals surface area (Å²) in [6, 6.07) is 8.72. The number of fused-ring (bicyclic) bond motifs is 1. The van der Waals surface area contributed by atoms with E-state index in [0.29, 0.717) is 24.5 Å². The second-order valence-corrected chi connectivity index (χ2v) is 5.41. The molecule has 0 saturated carbocycles. The number of benzene rings is 1. The predicted octanol–water partition coefficient (Wildman–Crippen LogP) is 3.85. The lowest BCUT2D eigenvalue weighted by molar-refractivity contribution is -0.137. The zero-order chi connectivity index (χ0) is 17.2. The summed E-state index contributed by atoms with van der Waals surface area (Å²) in [5, 5.41) is 0.807. The van der Waals surface area contributed by atoms with Gasteiger partial charge in [-0.1, -0.05) is 38.0 Å². The van der Waals surface area contributed by atoms with Gasteiger partial charge >= 0.3 is 11.6 Å². The van der Waals surface area contributed by atoms with Gasteiger partial charge in [-0.3, -0.25) is 0 Å². The number of rotatable bonds is 10. The van der Waals surface area contributed by atoms with Gasteiger partial charge in [0.15, 0.2) is 0 Å². The fourth-order valence-corrected chi connectivity index (χ4v) is 2.35. The van der Waals surface area contributed by atoms with Crippen molar-refractivity contribution in [1.29, 1.82) is 0 Å². The van der Waals surface area contributed by atoms with Crippen LogP contribution in [0.4, 0.5) is 0 Å². The normalized spacial score (nSPS) is 10.5. The lowest BCUT2D eigenvalue weighted by Crippen LogP contribution is -2.03. The Kier molecular flexibility index (Phi) is 7.08. The van der Waals surface area contributed by atoms with Gasteiger partial charge in [-0.25, -0.2) is 9.59 Å². The Balaban J connectivity index is 1.66. The van der Waals surface area contributed by atoms with Crippen LogP contribution in [0.1, 0.15) is 32.1 Å². The number of hydrogen-bond donors (Lipinski definition) is 0. The molecular formula is C19H22O5. The molecule has 5 nitrogen and oxygen atoms in total. The largest absolute Gasteiger partial charge is 0.493 e. The number of esters is 1. The van der Waals surface area contributed by atoms with Crippen LogP contribution in [-0.2, 0) is 9.53 Å². The second kappa shape index (κ2) is 9.55. The highest BCUT2D eigenvalue weighted by atomic mass is 16.5. The number of carbonyl (C=O) groups excluding carboxylic acids is 1. The van der Waals surface area contributed by atoms with Gasteiger partial charge in [-0.15, -0.1) is 0 Å². The molecule has 0 aliphatic carbocycles. The Morgan fingerprint density at radius 2 is 1.79 bits per heavy atom. The summed E-state index contributed by atoms with van der Waals surface area (Å²) in [6.45, 7) is 4.34. The van der Waals surface area contributed by atoms with Crippen molar-refractivity contribution in [2.24, 2.45) is 0 Å². The molecule has 24 heavy (non-hydrogen) atoms. The molecule has 0 spiro atoms. The van der Waals surface area contributed by atoms with E-state index in [1.165, 1.54) is 12.1 Å². The molecule has 1 aromatic carbocycles. The average molecular weight is 330 g/mol. The minimum absolute atomic E-state index is 0.372. The monoisotopic (exact) mass is 330 g/mol. The van der Waals surface area contributed by atoms with E-state index in [1.807, 2.05) is 18.2 Å². The quantitative estimate of drug-likeness (QED) is 0.286. The predicted molar refractivity (Wildman–Crippen MR) is 92.2 cm³/mol. The lowest BCUT2D eigenvalue weighted by atomic mass is 10.1. The molecule has 0 radical (unpaired) electrons. The molecule has 5 heteroatoms. The molecule has 1 aromatic heterocycles. The highest BCUT2D eigenvalue weighted by molar-refractivity contribution is 5.82. The molecule has 0 amide bonds. The molecule has 0 bridgehead atoms. The molecule has 0 fully saturated rings. The van der Waals surface area contributed by atoms with Crippen LogP contribution in [0.25, 0.3) is 11.0 Å². The standard InChI is InChI=1S/C19H22O5/c1-2-18(20)23-13-9-5-3-4-8-12-22-17-14-19(21)24-16-11-7-6-10-15(16)17/h2,6-7,10-11,14H,1,3-5,8-9,12-13H2. The number of para-hydroxylation sites is 1. The van der Waals surface area contributed by atoms with Gasteiger partial charge in [0.25, 0.3) is 0 Å². The number of unbranched alkanes of at least 4 members (excludes halogenated alkanes) is 4. The van der Waals surface area contributed by atoms with E-state index >= 15 is 0 Å². The summed E-state index contributed by atoms with van der Waals surface area (Å²) in [5.74, 6) is 0.196. The van der Waals surface area contributed by atoms with Crippen molar-refractivity contribution in [3.63, 3.8) is 0 Å². The fraction of sp³-hybridized carbons (Fsp3) is 0.368. The third-order valence-electron chi connectivity index (χ3n) is 3.57. The molecule has 0 aliphatic heterocycles. The van der Waals surface area contributed by atoms with Crippen LogP contribution in [0.15, 0.2) is 52.2 Å². The molecule has 0 aliphatic rings. The summed E-state index contributed by atoms with van der Waals surface area (Å²) in [7, 11) is 0. The van der Waals surface area contributed by atoms with E-state index in [0.717, 1.165) is 37.5 Å². The van der Waals surface area contributed by atoms with Gasteiger partial charge in [0.2, 0.25) is 0 Å². The molecule has 0 saturated heterocycles. The second-order valence-electron chi connectivity index (χ2n) is 5.41. The van der Waals surface area contributed by atoms with Gasteiger partial charge in [0.05, 0.1) is 24.7 Å². The molecular weight excluding hydrogens is 308 g/mol. The molecule has 2 rings (SSSR count). The van der Waals surface area contributed by atoms with Crippen LogP contribution < -0.4 is 10.4 Å². The van der Waals surface area contributed by atoms with Gasteiger partial charge in [0.1, 0.15) is 11.3 Å². The van der Waals surface area contributed by atoms with Crippen molar-refractivity contribution in [1.82, 2.24) is 0 Å². The first-order valence-corrected chi connectivity index (χ1v) is 8.15. The number of hydrogen-bond acceptors (Lipinski definition) is 5. The van der Waals surface area contributed by atoms with Gasteiger partial charge in [-0.2, -0.15) is 0 Å². The van der Waals surface area contributed by atoms with E-state index < -0.39 is 5.63 Å². The van der Waals surface area contributed by atoms with E-state index in [-0.39, 0.29) is 5.97 Å². The smallest absolute Gasteiger partial charge is 0.339 e. The molecule has 2 aromatic rings. The Bertz CT molecular complexity index is 732. The Morgan fingerprint density at radius 1 is 1.08 bits per heavy atom. The first-order chi connectivity index (χ1) is 11.7. The maximum absolute atomic E-state index is 11.5. The molecule has 0 N–H and O–H groups in total. The third-order valence-corrected chi connectivity index (χ3v) is 3.57. The van der Waals surface area contributed by atoms with E-state index in [4.69, 9.17) is 13.9 Å². The Labute approximate surface area is 140 Å². The molecule has 128 valence electrons. The van der Waals surface area contributed by atoms with Crippen LogP contribution in [-0.4, -0.2) is 19.2 Å². The van der Waals surface area contributed by atoms with E-state index in [2.05, 4.69) is 6.58 Å². The summed E-state index contributed by atoms with van der Waals surface area (Å²) in [6.07, 6.45) is 6.00.